The van der Waals surface area contributed by atoms with Crippen molar-refractivity contribution in [2.24, 2.45) is 5.92 Å². The van der Waals surface area contributed by atoms with Crippen LogP contribution in [0.5, 0.6) is 5.88 Å². The van der Waals surface area contributed by atoms with Crippen LogP contribution in [0.2, 0.25) is 0 Å². The number of methoxy groups -OCH3 is 1. The number of ether oxygens (including phenoxy) is 1. The Morgan fingerprint density at radius 2 is 2.16 bits per heavy atom. The molecule has 3 heterocycles. The van der Waals surface area contributed by atoms with Crippen LogP contribution in [0.4, 0.5) is 0 Å². The van der Waals surface area contributed by atoms with Gasteiger partial charge in [0.25, 0.3) is 0 Å². The first-order valence-corrected chi connectivity index (χ1v) is 9.06. The van der Waals surface area contributed by atoms with E-state index in [4.69, 9.17) is 9.15 Å². The second-order valence-corrected chi connectivity index (χ2v) is 7.59. The SMILES string of the molecule is COc1cc(C)c(CN2C[C@@H]3CCC[C@]3(c3nnc(C)o3)C2)c(C)n1. The standard InChI is InChI=1S/C19H26N4O2/c1-12-8-17(24-4)20-13(2)16(12)10-23-9-15-6-5-7-19(15,11-23)18-22-21-14(3)25-18/h8,15H,5-7,9-11H2,1-4H3/t15-,19-/m0/s1. The van der Waals surface area contributed by atoms with Crippen LogP contribution < -0.4 is 4.74 Å². The number of likely N-dealkylation sites (tertiary alicyclic amines) is 1. The van der Waals surface area contributed by atoms with Gasteiger partial charge >= 0.3 is 0 Å². The van der Waals surface area contributed by atoms with Gasteiger partial charge in [-0.15, -0.1) is 10.2 Å². The van der Waals surface area contributed by atoms with Gasteiger partial charge in [-0.3, -0.25) is 4.90 Å². The third-order valence-electron chi connectivity index (χ3n) is 6.01. The first-order chi connectivity index (χ1) is 12.0. The summed E-state index contributed by atoms with van der Waals surface area (Å²) in [5.41, 5.74) is 3.64. The summed E-state index contributed by atoms with van der Waals surface area (Å²) in [6, 6.07) is 2.02. The molecule has 0 bridgehead atoms. The van der Waals surface area contributed by atoms with Crippen molar-refractivity contribution in [2.45, 2.75) is 52.0 Å². The van der Waals surface area contributed by atoms with Gasteiger partial charge in [0.15, 0.2) is 0 Å². The minimum atomic E-state index is 0.0446. The molecule has 25 heavy (non-hydrogen) atoms. The number of fused-ring (bicyclic) bond motifs is 1. The molecule has 1 aliphatic carbocycles. The van der Waals surface area contributed by atoms with Crippen LogP contribution >= 0.6 is 0 Å². The summed E-state index contributed by atoms with van der Waals surface area (Å²) in [5, 5.41) is 8.47. The van der Waals surface area contributed by atoms with Crippen LogP contribution in [0.3, 0.4) is 0 Å². The topological polar surface area (TPSA) is 64.3 Å². The van der Waals surface area contributed by atoms with E-state index in [-0.39, 0.29) is 5.41 Å². The molecule has 2 atom stereocenters. The molecule has 2 fully saturated rings. The second-order valence-electron chi connectivity index (χ2n) is 7.59. The minimum Gasteiger partial charge on any atom is -0.481 e. The normalized spacial score (nSPS) is 26.2. The van der Waals surface area contributed by atoms with Gasteiger partial charge in [0.2, 0.25) is 17.7 Å². The maximum absolute atomic E-state index is 5.87. The summed E-state index contributed by atoms with van der Waals surface area (Å²) in [5.74, 6) is 2.81. The highest BCUT2D eigenvalue weighted by molar-refractivity contribution is 5.34. The Morgan fingerprint density at radius 1 is 1.32 bits per heavy atom. The van der Waals surface area contributed by atoms with Gasteiger partial charge in [0.05, 0.1) is 12.5 Å². The maximum Gasteiger partial charge on any atom is 0.224 e. The molecule has 2 aromatic rings. The molecule has 0 N–H and O–H groups in total. The predicted molar refractivity (Wildman–Crippen MR) is 93.6 cm³/mol. The molecule has 2 aliphatic rings. The monoisotopic (exact) mass is 342 g/mol. The van der Waals surface area contributed by atoms with E-state index in [0.717, 1.165) is 37.6 Å². The summed E-state index contributed by atoms with van der Waals surface area (Å²) >= 11 is 0. The highest BCUT2D eigenvalue weighted by atomic mass is 16.5. The van der Waals surface area contributed by atoms with Gasteiger partial charge in [0.1, 0.15) is 0 Å². The average molecular weight is 342 g/mol. The number of hydrogen-bond acceptors (Lipinski definition) is 6. The molecule has 6 heteroatoms. The third kappa shape index (κ3) is 2.72. The molecule has 1 saturated heterocycles. The van der Waals surface area contributed by atoms with Crippen molar-refractivity contribution in [3.05, 3.63) is 34.7 Å². The molecule has 0 aromatic carbocycles. The molecule has 134 valence electrons. The number of nitrogens with zero attached hydrogens (tertiary/aromatic N) is 4. The average Bonchev–Trinajstić information content (AvgIpc) is 3.24. The van der Waals surface area contributed by atoms with Crippen LogP contribution in [-0.2, 0) is 12.0 Å². The number of pyridine rings is 1. The predicted octanol–water partition coefficient (Wildman–Crippen LogP) is 2.95. The maximum atomic E-state index is 5.87. The van der Waals surface area contributed by atoms with E-state index in [1.165, 1.54) is 24.0 Å². The van der Waals surface area contributed by atoms with Crippen LogP contribution in [-0.4, -0.2) is 40.3 Å². The Balaban J connectivity index is 1.58. The number of rotatable bonds is 4. The van der Waals surface area contributed by atoms with E-state index in [2.05, 4.69) is 33.9 Å². The number of aromatic nitrogens is 3. The van der Waals surface area contributed by atoms with E-state index in [0.29, 0.717) is 17.7 Å². The van der Waals surface area contributed by atoms with E-state index in [9.17, 15) is 0 Å². The zero-order chi connectivity index (χ0) is 17.6. The molecule has 0 spiro atoms. The van der Waals surface area contributed by atoms with Gasteiger partial charge in [-0.25, -0.2) is 4.98 Å². The Morgan fingerprint density at radius 3 is 2.84 bits per heavy atom. The molecular weight excluding hydrogens is 316 g/mol. The Bertz CT molecular complexity index is 764. The van der Waals surface area contributed by atoms with Gasteiger partial charge in [-0.05, 0) is 43.7 Å². The third-order valence-corrected chi connectivity index (χ3v) is 6.01. The summed E-state index contributed by atoms with van der Waals surface area (Å²) < 4.78 is 11.2. The van der Waals surface area contributed by atoms with Crippen molar-refractivity contribution in [1.29, 1.82) is 0 Å². The summed E-state index contributed by atoms with van der Waals surface area (Å²) in [6.45, 7) is 9.08. The molecule has 0 radical (unpaired) electrons. The molecular formula is C19H26N4O2. The molecule has 1 saturated carbocycles. The lowest BCUT2D eigenvalue weighted by Crippen LogP contribution is -2.32. The Labute approximate surface area is 148 Å². The van der Waals surface area contributed by atoms with Gasteiger partial charge < -0.3 is 9.15 Å². The Kier molecular flexibility index (Phi) is 4.02. The highest BCUT2D eigenvalue weighted by Crippen LogP contribution is 2.50. The van der Waals surface area contributed by atoms with Crippen molar-refractivity contribution in [1.82, 2.24) is 20.1 Å². The van der Waals surface area contributed by atoms with Gasteiger partial charge in [0, 0.05) is 38.3 Å². The summed E-state index contributed by atoms with van der Waals surface area (Å²) in [7, 11) is 1.67. The van der Waals surface area contributed by atoms with Crippen LogP contribution in [0.1, 0.15) is 47.9 Å². The van der Waals surface area contributed by atoms with Gasteiger partial charge in [-0.2, -0.15) is 0 Å². The van der Waals surface area contributed by atoms with Crippen LogP contribution in [0, 0.1) is 26.7 Å². The van der Waals surface area contributed by atoms with E-state index in [1.54, 1.807) is 7.11 Å². The molecule has 0 amide bonds. The van der Waals surface area contributed by atoms with Gasteiger partial charge in [-0.1, -0.05) is 6.42 Å². The Hall–Kier alpha value is -1.95. The number of hydrogen-bond donors (Lipinski definition) is 0. The van der Waals surface area contributed by atoms with Crippen molar-refractivity contribution in [3.63, 3.8) is 0 Å². The van der Waals surface area contributed by atoms with Crippen molar-refractivity contribution < 1.29 is 9.15 Å². The highest BCUT2D eigenvalue weighted by Gasteiger charge is 2.53. The van der Waals surface area contributed by atoms with Crippen LogP contribution in [0.15, 0.2) is 10.5 Å². The zero-order valence-electron chi connectivity index (χ0n) is 15.5. The molecule has 4 rings (SSSR count). The van der Waals surface area contributed by atoms with E-state index >= 15 is 0 Å². The number of aryl methyl sites for hydroxylation is 3. The molecule has 2 aromatic heterocycles. The van der Waals surface area contributed by atoms with Crippen molar-refractivity contribution >= 4 is 0 Å². The minimum absolute atomic E-state index is 0.0446. The first kappa shape index (κ1) is 16.5. The zero-order valence-corrected chi connectivity index (χ0v) is 15.5. The smallest absolute Gasteiger partial charge is 0.224 e. The lowest BCUT2D eigenvalue weighted by Gasteiger charge is -2.25. The summed E-state index contributed by atoms with van der Waals surface area (Å²) in [4.78, 5) is 7.09. The fraction of sp³-hybridized carbons (Fsp3) is 0.632. The van der Waals surface area contributed by atoms with E-state index < -0.39 is 0 Å². The van der Waals surface area contributed by atoms with E-state index in [1.807, 2.05) is 13.0 Å². The largest absolute Gasteiger partial charge is 0.481 e. The van der Waals surface area contributed by atoms with Crippen LogP contribution in [0.25, 0.3) is 0 Å². The fourth-order valence-electron chi connectivity index (χ4n) is 4.75. The lowest BCUT2D eigenvalue weighted by atomic mass is 9.80. The quantitative estimate of drug-likeness (QED) is 0.851. The second kappa shape index (κ2) is 6.09. The summed E-state index contributed by atoms with van der Waals surface area (Å²) in [6.07, 6.45) is 3.65. The fourth-order valence-corrected chi connectivity index (χ4v) is 4.75. The molecule has 0 unspecified atom stereocenters. The first-order valence-electron chi connectivity index (χ1n) is 9.06. The molecule has 6 nitrogen and oxygen atoms in total. The molecule has 1 aliphatic heterocycles. The van der Waals surface area contributed by atoms with Crippen molar-refractivity contribution in [3.8, 4) is 5.88 Å². The van der Waals surface area contributed by atoms with Crippen molar-refractivity contribution in [2.75, 3.05) is 20.2 Å². The lowest BCUT2D eigenvalue weighted by molar-refractivity contribution is 0.264.